The third kappa shape index (κ3) is 16.7. The molecule has 1 aliphatic carbocycles. The van der Waals surface area contributed by atoms with Crippen LogP contribution >= 0.6 is 23.2 Å². The van der Waals surface area contributed by atoms with Crippen LogP contribution in [0.15, 0.2) is 61.2 Å². The van der Waals surface area contributed by atoms with E-state index in [1.807, 2.05) is 46.0 Å². The van der Waals surface area contributed by atoms with Gasteiger partial charge in [0.2, 0.25) is 11.7 Å². The molecular formula is C49H75Cl2N9O22S. The summed E-state index contributed by atoms with van der Waals surface area (Å²) in [6, 6.07) is 8.99. The fourth-order valence-electron chi connectivity index (χ4n) is 10.3. The highest BCUT2D eigenvalue weighted by molar-refractivity contribution is 7.79. The number of ether oxygens (including phenoxy) is 9. The van der Waals surface area contributed by atoms with Crippen molar-refractivity contribution in [2.45, 2.75) is 148 Å². The van der Waals surface area contributed by atoms with Crippen LogP contribution in [0.3, 0.4) is 0 Å². The minimum atomic E-state index is -4.67. The summed E-state index contributed by atoms with van der Waals surface area (Å²) in [6.07, 6.45) is -15.5. The van der Waals surface area contributed by atoms with Crippen LogP contribution in [0.25, 0.3) is 0 Å². The van der Waals surface area contributed by atoms with E-state index in [0.717, 1.165) is 37.6 Å². The van der Waals surface area contributed by atoms with Gasteiger partial charge in [0.1, 0.15) is 85.6 Å². The van der Waals surface area contributed by atoms with Crippen molar-refractivity contribution in [3.63, 3.8) is 0 Å². The molecule has 0 radical (unpaired) electrons. The van der Waals surface area contributed by atoms with Crippen molar-refractivity contribution in [1.29, 1.82) is 0 Å². The largest absolute Gasteiger partial charge is 0.491 e. The third-order valence-corrected chi connectivity index (χ3v) is 15.4. The number of carbonyl (C=O) groups is 1. The molecule has 83 heavy (non-hydrogen) atoms. The molecule has 0 unspecified atom stereocenters. The number of rotatable bonds is 16. The molecular weight excluding hydrogens is 1170 g/mol. The number of carbonyl (C=O) groups excluding carboxylic acids is 1. The van der Waals surface area contributed by atoms with E-state index in [1.54, 1.807) is 31.6 Å². The monoisotopic (exact) mass is 1240 g/mol. The lowest BCUT2D eigenvalue weighted by Crippen LogP contribution is -2.68. The lowest BCUT2D eigenvalue weighted by molar-refractivity contribution is -0.310. The molecule has 5 saturated heterocycles. The number of piperazine rings is 1. The number of imidazole rings is 1. The van der Waals surface area contributed by atoms with Gasteiger partial charge in [-0.3, -0.25) is 13.9 Å². The molecule has 1 amide bonds. The molecule has 2 aromatic carbocycles. The first-order valence-electron chi connectivity index (χ1n) is 26.4. The van der Waals surface area contributed by atoms with Crippen LogP contribution in [-0.4, -0.2) is 260 Å². The third-order valence-electron chi connectivity index (χ3n) is 14.8. The van der Waals surface area contributed by atoms with E-state index in [0.29, 0.717) is 35.4 Å². The molecule has 5 aliphatic heterocycles. The molecule has 9 rings (SSSR count). The Labute approximate surface area is 487 Å². The lowest BCUT2D eigenvalue weighted by Gasteiger charge is -2.47. The summed E-state index contributed by atoms with van der Waals surface area (Å²) in [5, 5.41) is 83.3. The highest BCUT2D eigenvalue weighted by atomic mass is 35.5. The van der Waals surface area contributed by atoms with E-state index in [4.69, 9.17) is 112 Å². The van der Waals surface area contributed by atoms with Crippen molar-refractivity contribution in [3.8, 4) is 5.75 Å². The van der Waals surface area contributed by atoms with E-state index in [1.165, 1.54) is 0 Å². The van der Waals surface area contributed by atoms with Gasteiger partial charge in [-0.1, -0.05) is 29.3 Å². The summed E-state index contributed by atoms with van der Waals surface area (Å²) in [7, 11) is -4.67. The van der Waals surface area contributed by atoms with Crippen molar-refractivity contribution in [1.82, 2.24) is 14.5 Å². The Bertz CT molecular complexity index is 2620. The van der Waals surface area contributed by atoms with E-state index in [9.17, 15) is 45.6 Å². The normalized spacial score (nSPS) is 37.5. The number of aliphatic hydroxyl groups is 8. The minimum Gasteiger partial charge on any atom is -0.491 e. The van der Waals surface area contributed by atoms with E-state index < -0.39 is 146 Å². The molecule has 3 aromatic rings. The van der Waals surface area contributed by atoms with Gasteiger partial charge >= 0.3 is 10.4 Å². The first kappa shape index (κ1) is 66.8. The van der Waals surface area contributed by atoms with Gasteiger partial charge in [0.05, 0.1) is 55.9 Å². The summed E-state index contributed by atoms with van der Waals surface area (Å²) in [6.45, 7) is 4.32. The molecule has 31 nitrogen and oxygen atoms in total. The highest BCUT2D eigenvalue weighted by Gasteiger charge is 2.55. The Morgan fingerprint density at radius 1 is 0.747 bits per heavy atom. The van der Waals surface area contributed by atoms with Crippen LogP contribution in [0.4, 0.5) is 5.69 Å². The number of benzene rings is 2. The molecule has 1 saturated carbocycles. The SMILES string of the molecule is CC(=O)N1CCN(c2ccc(OC[C@H]3CO[C@](Cn4ccnc4)(c4ccc(Cl)cc4Cl)O3)cc2)CC1.NC[C@@H]1O[C@H](O[C@H]2[C@@H](O)[C@H](O[C@@H]3[C@@H](O)[C@H](N)C[C@H](N)[C@H]3O[C@H]3O[C@H](CO)[C@@H](O)[C@H](O)[C@H]3N)O[C@@H]2CO)[C@H](N)[C@@H](O)[C@@H]1O.O=S(=O)(O)O. The predicted octanol–water partition coefficient (Wildman–Crippen LogP) is -5.31. The van der Waals surface area contributed by atoms with Gasteiger partial charge in [-0.15, -0.1) is 0 Å². The second kappa shape index (κ2) is 29.4. The van der Waals surface area contributed by atoms with Crippen LogP contribution in [0, 0.1) is 0 Å². The quantitative estimate of drug-likeness (QED) is 0.0596. The zero-order chi connectivity index (χ0) is 60.7. The summed E-state index contributed by atoms with van der Waals surface area (Å²) in [5.74, 6) is -0.201. The average Bonchev–Trinajstić information content (AvgIpc) is 3.12. The average molecular weight is 1250 g/mol. The van der Waals surface area contributed by atoms with Gasteiger partial charge in [0.15, 0.2) is 18.9 Å². The number of anilines is 1. The summed E-state index contributed by atoms with van der Waals surface area (Å²) in [5.41, 5.74) is 31.7. The van der Waals surface area contributed by atoms with E-state index >= 15 is 0 Å². The fourth-order valence-corrected chi connectivity index (χ4v) is 10.8. The Balaban J connectivity index is 0.000000222. The maximum absolute atomic E-state index is 11.6. The maximum atomic E-state index is 11.6. The zero-order valence-corrected chi connectivity index (χ0v) is 47.1. The van der Waals surface area contributed by atoms with E-state index in [2.05, 4.69) is 9.88 Å². The number of aliphatic hydroxyl groups excluding tert-OH is 8. The molecule has 0 bridgehead atoms. The van der Waals surface area contributed by atoms with Crippen molar-refractivity contribution >= 4 is 45.2 Å². The number of nitrogens with zero attached hydrogens (tertiary/aromatic N) is 4. The first-order chi connectivity index (χ1) is 39.3. The van der Waals surface area contributed by atoms with Crippen molar-refractivity contribution in [3.05, 3.63) is 76.8 Å². The van der Waals surface area contributed by atoms with Gasteiger partial charge in [0.25, 0.3) is 0 Å². The fraction of sp³-hybridized carbons (Fsp3) is 0.673. The van der Waals surface area contributed by atoms with Crippen LogP contribution in [-0.2, 0) is 65.4 Å². The minimum absolute atomic E-state index is 0.0642. The maximum Gasteiger partial charge on any atom is 0.394 e. The molecule has 21 atom stereocenters. The van der Waals surface area contributed by atoms with Crippen molar-refractivity contribution in [2.24, 2.45) is 28.7 Å². The molecule has 6 aliphatic rings. The number of nitrogens with two attached hydrogens (primary N) is 5. The molecule has 6 fully saturated rings. The van der Waals surface area contributed by atoms with Crippen molar-refractivity contribution in [2.75, 3.05) is 64.1 Å². The summed E-state index contributed by atoms with van der Waals surface area (Å²) < 4.78 is 86.6. The number of aromatic nitrogens is 2. The number of halogens is 2. The number of amides is 1. The second-order valence-electron chi connectivity index (χ2n) is 20.6. The Morgan fingerprint density at radius 2 is 1.33 bits per heavy atom. The summed E-state index contributed by atoms with van der Waals surface area (Å²) >= 11 is 12.7. The zero-order valence-electron chi connectivity index (χ0n) is 44.8. The topological polar surface area (TPSA) is 491 Å². The molecule has 1 aromatic heterocycles. The van der Waals surface area contributed by atoms with Gasteiger partial charge in [0, 0.05) is 80.4 Å². The molecule has 6 heterocycles. The highest BCUT2D eigenvalue weighted by Crippen LogP contribution is 2.41. The molecule has 468 valence electrons. The smallest absolute Gasteiger partial charge is 0.394 e. The van der Waals surface area contributed by atoms with Gasteiger partial charge in [-0.25, -0.2) is 4.98 Å². The van der Waals surface area contributed by atoms with Crippen LogP contribution in [0.1, 0.15) is 18.9 Å². The van der Waals surface area contributed by atoms with E-state index in [-0.39, 0.29) is 25.0 Å². The van der Waals surface area contributed by atoms with Crippen LogP contribution in [0.5, 0.6) is 5.75 Å². The van der Waals surface area contributed by atoms with Crippen molar-refractivity contribution < 1.29 is 106 Å². The predicted molar refractivity (Wildman–Crippen MR) is 288 cm³/mol. The second-order valence-corrected chi connectivity index (χ2v) is 22.3. The summed E-state index contributed by atoms with van der Waals surface area (Å²) in [4.78, 5) is 19.8. The first-order valence-corrected chi connectivity index (χ1v) is 28.5. The lowest BCUT2D eigenvalue weighted by atomic mass is 9.84. The van der Waals surface area contributed by atoms with Crippen LogP contribution < -0.4 is 38.3 Å². The number of hydrogen-bond donors (Lipinski definition) is 15. The standard InChI is InChI=1S/C26H28Cl2N4O4.C23H45N5O14.H2O4S/c1-19(33)31-10-12-32(13-11-31)21-3-5-22(6-4-21)34-15-23-16-35-26(36-23,17-30-9-8-29-18-30)24-7-2-20(27)14-25(24)28;24-2-7-13(32)15(34)10(27)21(37-7)41-19-9(4-30)39-23(17(19)36)42-20-12(31)5(25)1-6(26)18(20)40-22-11(28)16(35)14(33)8(3-29)38-22;1-5(2,3)4/h2-9,14,18,23H,10-13,15-17H2,1H3;5-23,29-36H,1-4,24-28H2;(H2,1,2,3,4)/t23-,26-;5-,6+,7+,8-,9-,10-,11-,12+,13-,14-,15-,16-,17-,18-,19-,20-,21-,22-,23+;/m01./s1. The molecule has 34 heteroatoms. The molecule has 0 spiro atoms. The van der Waals surface area contributed by atoms with Gasteiger partial charge in [-0.2, -0.15) is 8.42 Å². The Morgan fingerprint density at radius 3 is 1.89 bits per heavy atom. The van der Waals surface area contributed by atoms with Gasteiger partial charge < -0.3 is 127 Å². The van der Waals surface area contributed by atoms with Gasteiger partial charge in [-0.05, 0) is 42.8 Å². The van der Waals surface area contributed by atoms with Crippen LogP contribution in [0.2, 0.25) is 10.0 Å². The Kier molecular flexibility index (Phi) is 23.6. The number of hydrogen-bond acceptors (Lipinski definition) is 27. The Hall–Kier alpha value is -3.67. The molecule has 20 N–H and O–H groups in total.